The van der Waals surface area contributed by atoms with Crippen molar-refractivity contribution in [3.05, 3.63) is 29.3 Å². The highest BCUT2D eigenvalue weighted by Crippen LogP contribution is 2.24. The first-order chi connectivity index (χ1) is 9.22. The van der Waals surface area contributed by atoms with E-state index in [9.17, 15) is 4.79 Å². The smallest absolute Gasteiger partial charge is 0.228 e. The molecule has 19 heavy (non-hydrogen) atoms. The average molecular weight is 259 g/mol. The summed E-state index contributed by atoms with van der Waals surface area (Å²) >= 11 is 0. The van der Waals surface area contributed by atoms with Crippen molar-refractivity contribution in [2.24, 2.45) is 0 Å². The van der Waals surface area contributed by atoms with Crippen LogP contribution in [0.5, 0.6) is 0 Å². The highest BCUT2D eigenvalue weighted by atomic mass is 16.1. The topological polar surface area (TPSA) is 44.4 Å². The molecule has 1 aromatic rings. The van der Waals surface area contributed by atoms with Crippen LogP contribution in [-0.4, -0.2) is 43.0 Å². The first-order valence-electron chi connectivity index (χ1n) is 7.09. The maximum Gasteiger partial charge on any atom is 0.228 e. The maximum absolute atomic E-state index is 11.4. The summed E-state index contributed by atoms with van der Waals surface area (Å²) in [4.78, 5) is 13.9. The van der Waals surface area contributed by atoms with Gasteiger partial charge in [0.1, 0.15) is 0 Å². The summed E-state index contributed by atoms with van der Waals surface area (Å²) in [5.74, 6) is 0.113. The largest absolute Gasteiger partial charge is 0.326 e. The van der Waals surface area contributed by atoms with Gasteiger partial charge in [0.25, 0.3) is 0 Å². The number of benzene rings is 1. The Balaban J connectivity index is 1.66. The third-order valence-electron chi connectivity index (χ3n) is 4.10. The first kappa shape index (κ1) is 12.6. The van der Waals surface area contributed by atoms with E-state index in [1.807, 2.05) is 6.07 Å². The van der Waals surface area contributed by atoms with Crippen LogP contribution in [0.4, 0.5) is 5.69 Å². The highest BCUT2D eigenvalue weighted by molar-refractivity contribution is 5.99. The SMILES string of the molecule is CC(Cc1ccc2c(c1)CC(=O)N2)N1CCNCC1. The Labute approximate surface area is 114 Å². The van der Waals surface area contributed by atoms with Crippen molar-refractivity contribution in [1.29, 1.82) is 0 Å². The van der Waals surface area contributed by atoms with Gasteiger partial charge in [-0.3, -0.25) is 9.69 Å². The van der Waals surface area contributed by atoms with Crippen molar-refractivity contribution in [1.82, 2.24) is 10.2 Å². The molecule has 1 amide bonds. The number of carbonyl (C=O) groups is 1. The van der Waals surface area contributed by atoms with Crippen LogP contribution in [0.15, 0.2) is 18.2 Å². The number of hydrogen-bond donors (Lipinski definition) is 2. The van der Waals surface area contributed by atoms with Gasteiger partial charge in [0.15, 0.2) is 0 Å². The molecule has 4 heteroatoms. The van der Waals surface area contributed by atoms with Gasteiger partial charge in [-0.15, -0.1) is 0 Å². The molecule has 2 aliphatic rings. The minimum absolute atomic E-state index is 0.113. The maximum atomic E-state index is 11.4. The molecule has 1 atom stereocenters. The van der Waals surface area contributed by atoms with Crippen molar-refractivity contribution in [2.45, 2.75) is 25.8 Å². The van der Waals surface area contributed by atoms with Gasteiger partial charge in [0, 0.05) is 37.9 Å². The molecule has 0 radical (unpaired) electrons. The lowest BCUT2D eigenvalue weighted by atomic mass is 10.0. The van der Waals surface area contributed by atoms with Crippen molar-refractivity contribution in [3.8, 4) is 0 Å². The van der Waals surface area contributed by atoms with E-state index >= 15 is 0 Å². The Morgan fingerprint density at radius 3 is 2.89 bits per heavy atom. The molecule has 2 aliphatic heterocycles. The fourth-order valence-electron chi connectivity index (χ4n) is 3.00. The fraction of sp³-hybridized carbons (Fsp3) is 0.533. The minimum Gasteiger partial charge on any atom is -0.326 e. The molecule has 1 aromatic carbocycles. The summed E-state index contributed by atoms with van der Waals surface area (Å²) in [6, 6.07) is 6.93. The zero-order valence-corrected chi connectivity index (χ0v) is 11.4. The van der Waals surface area contributed by atoms with Gasteiger partial charge in [0.05, 0.1) is 6.42 Å². The lowest BCUT2D eigenvalue weighted by molar-refractivity contribution is -0.115. The molecule has 1 fully saturated rings. The molecule has 1 unspecified atom stereocenters. The molecule has 0 aliphatic carbocycles. The lowest BCUT2D eigenvalue weighted by Gasteiger charge is -2.33. The molecule has 3 rings (SSSR count). The normalized spacial score (nSPS) is 21.0. The van der Waals surface area contributed by atoms with E-state index < -0.39 is 0 Å². The van der Waals surface area contributed by atoms with E-state index in [0.717, 1.165) is 43.9 Å². The quantitative estimate of drug-likeness (QED) is 0.852. The summed E-state index contributed by atoms with van der Waals surface area (Å²) < 4.78 is 0. The van der Waals surface area contributed by atoms with Crippen molar-refractivity contribution in [3.63, 3.8) is 0 Å². The Hall–Kier alpha value is -1.39. The van der Waals surface area contributed by atoms with Crippen LogP contribution in [0.25, 0.3) is 0 Å². The van der Waals surface area contributed by atoms with E-state index in [0.29, 0.717) is 12.5 Å². The second kappa shape index (κ2) is 5.31. The van der Waals surface area contributed by atoms with E-state index in [1.165, 1.54) is 5.56 Å². The number of amides is 1. The first-order valence-corrected chi connectivity index (χ1v) is 7.09. The predicted octanol–water partition coefficient (Wildman–Crippen LogP) is 1.02. The number of fused-ring (bicyclic) bond motifs is 1. The van der Waals surface area contributed by atoms with Crippen molar-refractivity contribution < 1.29 is 4.79 Å². The molecule has 0 bridgehead atoms. The Bertz CT molecular complexity index is 480. The molecular weight excluding hydrogens is 238 g/mol. The van der Waals surface area contributed by atoms with Crippen LogP contribution in [0, 0.1) is 0 Å². The second-order valence-corrected chi connectivity index (χ2v) is 5.56. The van der Waals surface area contributed by atoms with Gasteiger partial charge < -0.3 is 10.6 Å². The third-order valence-corrected chi connectivity index (χ3v) is 4.10. The van der Waals surface area contributed by atoms with Crippen molar-refractivity contribution >= 4 is 11.6 Å². The number of hydrogen-bond acceptors (Lipinski definition) is 3. The molecule has 0 saturated carbocycles. The zero-order chi connectivity index (χ0) is 13.2. The van der Waals surface area contributed by atoms with Gasteiger partial charge in [-0.2, -0.15) is 0 Å². The third kappa shape index (κ3) is 2.80. The van der Waals surface area contributed by atoms with Crippen LogP contribution in [-0.2, 0) is 17.6 Å². The molecule has 2 N–H and O–H groups in total. The zero-order valence-electron chi connectivity index (χ0n) is 11.4. The summed E-state index contributed by atoms with van der Waals surface area (Å²) in [6.07, 6.45) is 1.59. The minimum atomic E-state index is 0.113. The van der Waals surface area contributed by atoms with Gasteiger partial charge in [-0.25, -0.2) is 0 Å². The number of nitrogens with one attached hydrogen (secondary N) is 2. The predicted molar refractivity (Wildman–Crippen MR) is 76.4 cm³/mol. The molecule has 2 heterocycles. The Kier molecular flexibility index (Phi) is 3.53. The Morgan fingerprint density at radius 1 is 1.32 bits per heavy atom. The monoisotopic (exact) mass is 259 g/mol. The number of rotatable bonds is 3. The van der Waals surface area contributed by atoms with Crippen molar-refractivity contribution in [2.75, 3.05) is 31.5 Å². The molecule has 4 nitrogen and oxygen atoms in total. The standard InChI is InChI=1S/C15H21N3O/c1-11(18-6-4-16-5-7-18)8-12-2-3-14-13(9-12)10-15(19)17-14/h2-3,9,11,16H,4-8,10H2,1H3,(H,17,19). The number of piperazine rings is 1. The van der Waals surface area contributed by atoms with E-state index in [4.69, 9.17) is 0 Å². The summed E-state index contributed by atoms with van der Waals surface area (Å²) in [7, 11) is 0. The van der Waals surface area contributed by atoms with Gasteiger partial charge in [-0.1, -0.05) is 12.1 Å². The molecule has 102 valence electrons. The van der Waals surface area contributed by atoms with Gasteiger partial charge in [0.2, 0.25) is 5.91 Å². The molecule has 0 aromatic heterocycles. The highest BCUT2D eigenvalue weighted by Gasteiger charge is 2.20. The van der Waals surface area contributed by atoms with E-state index in [-0.39, 0.29) is 5.91 Å². The van der Waals surface area contributed by atoms with Gasteiger partial charge in [-0.05, 0) is 30.5 Å². The molecular formula is C15H21N3O. The fourth-order valence-corrected chi connectivity index (χ4v) is 3.00. The summed E-state index contributed by atoms with van der Waals surface area (Å²) in [6.45, 7) is 6.74. The van der Waals surface area contributed by atoms with Crippen LogP contribution in [0.1, 0.15) is 18.1 Å². The second-order valence-electron chi connectivity index (χ2n) is 5.56. The number of anilines is 1. The van der Waals surface area contributed by atoms with Crippen LogP contribution in [0.3, 0.4) is 0 Å². The lowest BCUT2D eigenvalue weighted by Crippen LogP contribution is -2.48. The Morgan fingerprint density at radius 2 is 2.11 bits per heavy atom. The van der Waals surface area contributed by atoms with E-state index in [2.05, 4.69) is 34.6 Å². The molecule has 0 spiro atoms. The van der Waals surface area contributed by atoms with Gasteiger partial charge >= 0.3 is 0 Å². The van der Waals surface area contributed by atoms with E-state index in [1.54, 1.807) is 0 Å². The summed E-state index contributed by atoms with van der Waals surface area (Å²) in [5, 5.41) is 6.27. The number of carbonyl (C=O) groups excluding carboxylic acids is 1. The van der Waals surface area contributed by atoms with Crippen LogP contribution in [0.2, 0.25) is 0 Å². The summed E-state index contributed by atoms with van der Waals surface area (Å²) in [5.41, 5.74) is 3.47. The number of nitrogens with zero attached hydrogens (tertiary/aromatic N) is 1. The van der Waals surface area contributed by atoms with Crippen LogP contribution < -0.4 is 10.6 Å². The van der Waals surface area contributed by atoms with Crippen LogP contribution >= 0.6 is 0 Å². The average Bonchev–Trinajstić information content (AvgIpc) is 2.79. The molecule has 1 saturated heterocycles.